The van der Waals surface area contributed by atoms with Crippen LogP contribution in [0.15, 0.2) is 42.5 Å². The molecule has 0 unspecified atom stereocenters. The van der Waals surface area contributed by atoms with E-state index >= 15 is 0 Å². The van der Waals surface area contributed by atoms with Crippen LogP contribution in [0.3, 0.4) is 0 Å². The van der Waals surface area contributed by atoms with Crippen LogP contribution in [0.2, 0.25) is 10.0 Å². The molecule has 1 fully saturated rings. The zero-order valence-electron chi connectivity index (χ0n) is 12.1. The fraction of sp³-hybridized carbons (Fsp3) is 0.333. The number of hydrogen-bond acceptors (Lipinski definition) is 2. The van der Waals surface area contributed by atoms with E-state index in [1.54, 1.807) is 0 Å². The van der Waals surface area contributed by atoms with Crippen molar-refractivity contribution in [1.29, 1.82) is 0 Å². The van der Waals surface area contributed by atoms with E-state index in [9.17, 15) is 0 Å². The molecule has 0 bridgehead atoms. The maximum atomic E-state index is 6.22. The van der Waals surface area contributed by atoms with Gasteiger partial charge in [-0.15, -0.1) is 0 Å². The molecular weight excluding hydrogens is 317 g/mol. The summed E-state index contributed by atoms with van der Waals surface area (Å²) in [7, 11) is 0. The predicted molar refractivity (Wildman–Crippen MR) is 90.7 cm³/mol. The Balaban J connectivity index is 1.77. The summed E-state index contributed by atoms with van der Waals surface area (Å²) in [6.45, 7) is 0.837. The van der Waals surface area contributed by atoms with E-state index in [1.165, 1.54) is 11.1 Å². The van der Waals surface area contributed by atoms with Gasteiger partial charge in [0.1, 0.15) is 0 Å². The van der Waals surface area contributed by atoms with E-state index in [0.717, 1.165) is 25.1 Å². The number of fused-ring (bicyclic) bond motifs is 3. The van der Waals surface area contributed by atoms with Gasteiger partial charge in [-0.1, -0.05) is 47.5 Å². The van der Waals surface area contributed by atoms with Crippen molar-refractivity contribution >= 4 is 28.9 Å². The van der Waals surface area contributed by atoms with Gasteiger partial charge in [0.25, 0.3) is 0 Å². The molecule has 2 aromatic carbocycles. The van der Waals surface area contributed by atoms with Crippen LogP contribution >= 0.6 is 23.2 Å². The first-order valence-corrected chi connectivity index (χ1v) is 8.41. The highest BCUT2D eigenvalue weighted by atomic mass is 35.5. The largest absolute Gasteiger partial charge is 0.378 e. The zero-order valence-corrected chi connectivity index (χ0v) is 13.6. The summed E-state index contributed by atoms with van der Waals surface area (Å²) < 4.78 is 6.11. The lowest BCUT2D eigenvalue weighted by Gasteiger charge is -2.43. The number of hydrogen-bond donors (Lipinski definition) is 1. The summed E-state index contributed by atoms with van der Waals surface area (Å²) in [5, 5.41) is 4.88. The van der Waals surface area contributed by atoms with Crippen LogP contribution < -0.4 is 5.32 Å². The fourth-order valence-corrected chi connectivity index (χ4v) is 3.96. The highest BCUT2D eigenvalue weighted by molar-refractivity contribution is 6.42. The number of nitrogens with one attached hydrogen (secondary N) is 1. The molecule has 4 heteroatoms. The summed E-state index contributed by atoms with van der Waals surface area (Å²) in [6, 6.07) is 14.5. The molecule has 2 heterocycles. The standard InChI is InChI=1S/C18H17Cl2NO/c19-14-8-7-11(10-15(14)20)17-13-5-3-9-22-18(13)12-4-1-2-6-16(12)21-17/h1-2,4,6-8,10,13,17-18,21H,3,5,9H2/t13-,17+,18+/m1/s1. The van der Waals surface area contributed by atoms with Crippen LogP contribution in [0.4, 0.5) is 5.69 Å². The topological polar surface area (TPSA) is 21.3 Å². The molecule has 2 aliphatic heterocycles. The lowest BCUT2D eigenvalue weighted by Crippen LogP contribution is -2.35. The van der Waals surface area contributed by atoms with E-state index < -0.39 is 0 Å². The van der Waals surface area contributed by atoms with E-state index in [1.807, 2.05) is 12.1 Å². The number of ether oxygens (including phenoxy) is 1. The van der Waals surface area contributed by atoms with Crippen LogP contribution in [-0.4, -0.2) is 6.61 Å². The summed E-state index contributed by atoms with van der Waals surface area (Å²) in [4.78, 5) is 0. The minimum Gasteiger partial charge on any atom is -0.378 e. The molecule has 22 heavy (non-hydrogen) atoms. The second-order valence-corrected chi connectivity index (χ2v) is 6.79. The van der Waals surface area contributed by atoms with Crippen molar-refractivity contribution in [2.24, 2.45) is 5.92 Å². The number of rotatable bonds is 1. The Bertz CT molecular complexity index is 703. The van der Waals surface area contributed by atoms with Crippen LogP contribution in [0, 0.1) is 5.92 Å². The number of anilines is 1. The number of benzene rings is 2. The first-order valence-electron chi connectivity index (χ1n) is 7.66. The predicted octanol–water partition coefficient (Wildman–Crippen LogP) is 5.63. The van der Waals surface area contributed by atoms with Gasteiger partial charge in [-0.3, -0.25) is 0 Å². The summed E-state index contributed by atoms with van der Waals surface area (Å²) in [6.07, 6.45) is 2.41. The van der Waals surface area contributed by atoms with Gasteiger partial charge in [-0.2, -0.15) is 0 Å². The molecule has 0 amide bonds. The van der Waals surface area contributed by atoms with E-state index in [0.29, 0.717) is 16.0 Å². The van der Waals surface area contributed by atoms with Gasteiger partial charge < -0.3 is 10.1 Å². The Labute approximate surface area is 140 Å². The van der Waals surface area contributed by atoms with Crippen molar-refractivity contribution in [3.05, 3.63) is 63.6 Å². The molecule has 1 N–H and O–H groups in total. The average Bonchev–Trinajstić information content (AvgIpc) is 2.57. The Kier molecular flexibility index (Phi) is 3.77. The second-order valence-electron chi connectivity index (χ2n) is 5.98. The quantitative estimate of drug-likeness (QED) is 0.730. The maximum Gasteiger partial charge on any atom is 0.0895 e. The van der Waals surface area contributed by atoms with Crippen LogP contribution in [0.5, 0.6) is 0 Å². The first-order chi connectivity index (χ1) is 10.7. The van der Waals surface area contributed by atoms with Crippen LogP contribution in [0.1, 0.15) is 36.1 Å². The molecule has 2 aromatic rings. The number of para-hydroxylation sites is 1. The van der Waals surface area contributed by atoms with Crippen molar-refractivity contribution in [3.63, 3.8) is 0 Å². The normalized spacial score (nSPS) is 26.7. The summed E-state index contributed by atoms with van der Waals surface area (Å²) in [5.74, 6) is 0.417. The molecule has 0 saturated carbocycles. The average molecular weight is 334 g/mol. The van der Waals surface area contributed by atoms with Gasteiger partial charge in [-0.05, 0) is 36.6 Å². The van der Waals surface area contributed by atoms with E-state index in [2.05, 4.69) is 35.6 Å². The fourth-order valence-electron chi connectivity index (χ4n) is 3.65. The number of halogens is 2. The van der Waals surface area contributed by atoms with Crippen molar-refractivity contribution in [2.75, 3.05) is 11.9 Å². The summed E-state index contributed by atoms with van der Waals surface area (Å²) in [5.41, 5.74) is 3.59. The Hall–Kier alpha value is -1.22. The molecule has 0 spiro atoms. The van der Waals surface area contributed by atoms with Gasteiger partial charge >= 0.3 is 0 Å². The van der Waals surface area contributed by atoms with Crippen molar-refractivity contribution in [2.45, 2.75) is 25.0 Å². The molecule has 4 rings (SSSR count). The zero-order chi connectivity index (χ0) is 15.1. The lowest BCUT2D eigenvalue weighted by molar-refractivity contribution is -0.0381. The second kappa shape index (κ2) is 5.77. The van der Waals surface area contributed by atoms with Gasteiger partial charge in [0, 0.05) is 23.8 Å². The molecule has 0 aromatic heterocycles. The lowest BCUT2D eigenvalue weighted by atomic mass is 9.77. The van der Waals surface area contributed by atoms with Crippen LogP contribution in [0.25, 0.3) is 0 Å². The summed E-state index contributed by atoms with van der Waals surface area (Å²) >= 11 is 12.3. The third-order valence-corrected chi connectivity index (χ3v) is 5.42. The van der Waals surface area contributed by atoms with Crippen molar-refractivity contribution in [3.8, 4) is 0 Å². The van der Waals surface area contributed by atoms with Gasteiger partial charge in [-0.25, -0.2) is 0 Å². The molecule has 0 radical (unpaired) electrons. The third kappa shape index (κ3) is 2.40. The van der Waals surface area contributed by atoms with Gasteiger partial charge in [0.15, 0.2) is 0 Å². The smallest absolute Gasteiger partial charge is 0.0895 e. The van der Waals surface area contributed by atoms with Gasteiger partial charge in [0.05, 0.1) is 22.2 Å². The Morgan fingerprint density at radius 3 is 2.77 bits per heavy atom. The molecule has 3 atom stereocenters. The van der Waals surface area contributed by atoms with E-state index in [4.69, 9.17) is 27.9 Å². The maximum absolute atomic E-state index is 6.22. The molecule has 1 saturated heterocycles. The molecule has 2 aliphatic rings. The van der Waals surface area contributed by atoms with Crippen molar-refractivity contribution in [1.82, 2.24) is 0 Å². The minimum atomic E-state index is 0.158. The highest BCUT2D eigenvalue weighted by Gasteiger charge is 2.39. The monoisotopic (exact) mass is 333 g/mol. The van der Waals surface area contributed by atoms with Crippen LogP contribution in [-0.2, 0) is 4.74 Å². The van der Waals surface area contributed by atoms with Gasteiger partial charge in [0.2, 0.25) is 0 Å². The van der Waals surface area contributed by atoms with Crippen molar-refractivity contribution < 1.29 is 4.74 Å². The molecule has 0 aliphatic carbocycles. The molecule has 2 nitrogen and oxygen atoms in total. The third-order valence-electron chi connectivity index (χ3n) is 4.68. The van der Waals surface area contributed by atoms with E-state index in [-0.39, 0.29) is 12.1 Å². The first kappa shape index (κ1) is 14.4. The molecule has 114 valence electrons. The Morgan fingerprint density at radius 2 is 1.91 bits per heavy atom. The highest BCUT2D eigenvalue weighted by Crippen LogP contribution is 2.49. The molecular formula is C18H17Cl2NO. The SMILES string of the molecule is Clc1ccc([C@@H]2Nc3ccccc3[C@@H]3OCCC[C@H]23)cc1Cl. The minimum absolute atomic E-state index is 0.158. The Morgan fingerprint density at radius 1 is 1.05 bits per heavy atom.